The summed E-state index contributed by atoms with van der Waals surface area (Å²) in [6, 6.07) is 10.8. The molecule has 4 aliphatic rings. The number of pyridine rings is 2. The number of hydrogen-bond acceptors (Lipinski definition) is 7. The number of nitrogens with one attached hydrogen (secondary N) is 2. The molecule has 4 fully saturated rings. The van der Waals surface area contributed by atoms with Gasteiger partial charge in [0.15, 0.2) is 0 Å². The summed E-state index contributed by atoms with van der Waals surface area (Å²) in [6.07, 6.45) is 6.75. The third kappa shape index (κ3) is 5.31. The van der Waals surface area contributed by atoms with E-state index in [9.17, 15) is 9.59 Å². The first kappa shape index (κ1) is 24.5. The van der Waals surface area contributed by atoms with Crippen LogP contribution >= 0.6 is 0 Å². The molecule has 0 radical (unpaired) electrons. The molecule has 9 nitrogen and oxygen atoms in total. The maximum Gasteiger partial charge on any atom is 0.414 e. The van der Waals surface area contributed by atoms with Crippen molar-refractivity contribution in [2.75, 3.05) is 39.1 Å². The Balaban J connectivity index is 1.25. The monoisotopic (exact) mass is 492 g/mol. The molecule has 36 heavy (non-hydrogen) atoms. The highest BCUT2D eigenvalue weighted by atomic mass is 16.6. The summed E-state index contributed by atoms with van der Waals surface area (Å²) in [6.45, 7) is 1.71. The minimum Gasteiger partial charge on any atom is -0.391 e. The Bertz CT molecular complexity index is 1090. The van der Waals surface area contributed by atoms with Crippen molar-refractivity contribution in [2.45, 2.75) is 49.6 Å². The maximum absolute atomic E-state index is 13.1. The summed E-state index contributed by atoms with van der Waals surface area (Å²) in [5.41, 5.74) is -0.269. The number of carbonyl (C=O) groups excluding carboxylic acids is 2. The Morgan fingerprint density at radius 2 is 1.69 bits per heavy atom. The van der Waals surface area contributed by atoms with Crippen LogP contribution in [0.3, 0.4) is 0 Å². The predicted molar refractivity (Wildman–Crippen MR) is 137 cm³/mol. The van der Waals surface area contributed by atoms with E-state index in [4.69, 9.17) is 4.74 Å². The smallest absolute Gasteiger partial charge is 0.391 e. The van der Waals surface area contributed by atoms with Crippen molar-refractivity contribution in [3.8, 4) is 5.88 Å². The second kappa shape index (κ2) is 9.69. The van der Waals surface area contributed by atoms with Gasteiger partial charge in [-0.15, -0.1) is 0 Å². The zero-order valence-corrected chi connectivity index (χ0v) is 21.4. The lowest BCUT2D eigenvalue weighted by Crippen LogP contribution is -2.70. The van der Waals surface area contributed by atoms with Crippen molar-refractivity contribution in [2.24, 2.45) is 11.8 Å². The van der Waals surface area contributed by atoms with Crippen molar-refractivity contribution in [1.29, 1.82) is 0 Å². The Hall–Kier alpha value is -3.20. The molecule has 2 aromatic rings. The molecule has 0 aliphatic heterocycles. The van der Waals surface area contributed by atoms with E-state index in [1.165, 1.54) is 0 Å². The van der Waals surface area contributed by atoms with Crippen molar-refractivity contribution >= 4 is 17.8 Å². The average Bonchev–Trinajstić information content (AvgIpc) is 2.81. The lowest BCUT2D eigenvalue weighted by Gasteiger charge is -2.61. The van der Waals surface area contributed by atoms with Crippen LogP contribution in [0.25, 0.3) is 0 Å². The second-order valence-corrected chi connectivity index (χ2v) is 11.3. The van der Waals surface area contributed by atoms with E-state index in [0.29, 0.717) is 24.0 Å². The van der Waals surface area contributed by atoms with Crippen LogP contribution in [0, 0.1) is 11.8 Å². The topological polar surface area (TPSA) is 99.7 Å². The molecule has 2 unspecified atom stereocenters. The van der Waals surface area contributed by atoms with Crippen LogP contribution in [-0.4, -0.2) is 72.2 Å². The van der Waals surface area contributed by atoms with Crippen LogP contribution in [0.4, 0.5) is 10.6 Å². The normalized spacial score (nSPS) is 28.1. The van der Waals surface area contributed by atoms with Gasteiger partial charge in [0.05, 0.1) is 0 Å². The van der Waals surface area contributed by atoms with Crippen LogP contribution < -0.4 is 20.3 Å². The van der Waals surface area contributed by atoms with Gasteiger partial charge in [-0.25, -0.2) is 4.79 Å². The lowest BCUT2D eigenvalue weighted by molar-refractivity contribution is -0.0450. The molecule has 0 spiro atoms. The number of amides is 2. The van der Waals surface area contributed by atoms with E-state index >= 15 is 0 Å². The Labute approximate surface area is 212 Å². The average molecular weight is 493 g/mol. The van der Waals surface area contributed by atoms with Crippen LogP contribution in [0.1, 0.15) is 49.0 Å². The van der Waals surface area contributed by atoms with E-state index in [0.717, 1.165) is 51.0 Å². The SMILES string of the molecule is CN(C)CCN(C)c1cccc(OC(=O)NC23CC4CC(C2)CC(NC(=O)c2ccccn2)(C4)C3)n1. The van der Waals surface area contributed by atoms with Gasteiger partial charge >= 0.3 is 6.09 Å². The Morgan fingerprint density at radius 3 is 2.36 bits per heavy atom. The number of aromatic nitrogens is 2. The Morgan fingerprint density at radius 1 is 0.972 bits per heavy atom. The molecule has 0 aromatic carbocycles. The number of carbonyl (C=O) groups is 2. The second-order valence-electron chi connectivity index (χ2n) is 11.3. The molecule has 0 saturated heterocycles. The molecule has 4 saturated carbocycles. The molecule has 2 atom stereocenters. The van der Waals surface area contributed by atoms with Gasteiger partial charge < -0.3 is 25.2 Å². The van der Waals surface area contributed by atoms with Crippen molar-refractivity contribution in [1.82, 2.24) is 25.5 Å². The summed E-state index contributed by atoms with van der Waals surface area (Å²) >= 11 is 0. The molecule has 9 heteroatoms. The molecule has 6 rings (SSSR count). The highest BCUT2D eigenvalue weighted by Gasteiger charge is 2.59. The molecular weight excluding hydrogens is 456 g/mol. The van der Waals surface area contributed by atoms with Gasteiger partial charge in [-0.1, -0.05) is 12.1 Å². The zero-order valence-electron chi connectivity index (χ0n) is 21.4. The predicted octanol–water partition coefficient (Wildman–Crippen LogP) is 3.08. The number of nitrogens with zero attached hydrogens (tertiary/aromatic N) is 4. The Kier molecular flexibility index (Phi) is 6.59. The lowest BCUT2D eigenvalue weighted by atomic mass is 9.50. The van der Waals surface area contributed by atoms with E-state index in [-0.39, 0.29) is 22.9 Å². The molecule has 2 N–H and O–H groups in total. The summed E-state index contributed by atoms with van der Waals surface area (Å²) in [5, 5.41) is 6.52. The molecule has 192 valence electrons. The van der Waals surface area contributed by atoms with Crippen LogP contribution in [0.5, 0.6) is 5.88 Å². The summed E-state index contributed by atoms with van der Waals surface area (Å²) in [5.74, 6) is 1.84. The summed E-state index contributed by atoms with van der Waals surface area (Å²) in [4.78, 5) is 38.9. The third-order valence-electron chi connectivity index (χ3n) is 7.88. The fourth-order valence-corrected chi connectivity index (χ4v) is 6.83. The number of anilines is 1. The van der Waals surface area contributed by atoms with E-state index in [1.807, 2.05) is 44.2 Å². The largest absolute Gasteiger partial charge is 0.414 e. The first-order valence-corrected chi connectivity index (χ1v) is 12.8. The van der Waals surface area contributed by atoms with Gasteiger partial charge in [-0.3, -0.25) is 9.78 Å². The van der Waals surface area contributed by atoms with Crippen LogP contribution in [-0.2, 0) is 0 Å². The van der Waals surface area contributed by atoms with Gasteiger partial charge in [-0.2, -0.15) is 4.98 Å². The van der Waals surface area contributed by atoms with Gasteiger partial charge in [0.25, 0.3) is 5.91 Å². The molecular formula is C27H36N6O3. The summed E-state index contributed by atoms with van der Waals surface area (Å²) < 4.78 is 5.66. The van der Waals surface area contributed by atoms with Crippen LogP contribution in [0.15, 0.2) is 42.6 Å². The zero-order chi connectivity index (χ0) is 25.3. The van der Waals surface area contributed by atoms with Crippen molar-refractivity contribution in [3.05, 3.63) is 48.3 Å². The molecule has 4 aliphatic carbocycles. The van der Waals surface area contributed by atoms with E-state index in [2.05, 4.69) is 25.5 Å². The maximum atomic E-state index is 13.1. The first-order chi connectivity index (χ1) is 17.2. The minimum absolute atomic E-state index is 0.144. The van der Waals surface area contributed by atoms with E-state index < -0.39 is 6.09 Å². The fourth-order valence-electron chi connectivity index (χ4n) is 6.83. The molecule has 2 aromatic heterocycles. The van der Waals surface area contributed by atoms with Gasteiger partial charge in [-0.05, 0) is 82.7 Å². The number of rotatable bonds is 8. The number of ether oxygens (including phenoxy) is 1. The number of hydrogen-bond donors (Lipinski definition) is 2. The molecule has 2 heterocycles. The highest BCUT2D eigenvalue weighted by molar-refractivity contribution is 5.92. The highest BCUT2D eigenvalue weighted by Crippen LogP contribution is 2.57. The van der Waals surface area contributed by atoms with Crippen LogP contribution in [0.2, 0.25) is 0 Å². The number of likely N-dealkylation sites (N-methyl/N-ethyl adjacent to an activating group) is 2. The first-order valence-electron chi connectivity index (χ1n) is 12.8. The molecule has 2 amide bonds. The van der Waals surface area contributed by atoms with E-state index in [1.54, 1.807) is 24.4 Å². The fraction of sp³-hybridized carbons (Fsp3) is 0.556. The third-order valence-corrected chi connectivity index (χ3v) is 7.88. The van der Waals surface area contributed by atoms with Crippen molar-refractivity contribution in [3.63, 3.8) is 0 Å². The molecule has 4 bridgehead atoms. The van der Waals surface area contributed by atoms with Gasteiger partial charge in [0, 0.05) is 43.5 Å². The minimum atomic E-state index is -0.483. The standard InChI is InChI=1S/C27H36N6O3/c1-32(2)11-12-33(3)22-8-6-9-23(29-22)36-25(35)31-27-16-19-13-20(17-27)15-26(14-19,18-27)30-24(34)21-7-4-5-10-28-21/h4-10,19-20H,11-18H2,1-3H3,(H,30,34)(H,31,35). The van der Waals surface area contributed by atoms with Gasteiger partial charge in [0.1, 0.15) is 11.5 Å². The quantitative estimate of drug-likeness (QED) is 0.584. The van der Waals surface area contributed by atoms with Crippen molar-refractivity contribution < 1.29 is 14.3 Å². The van der Waals surface area contributed by atoms with Gasteiger partial charge in [0.2, 0.25) is 5.88 Å². The summed E-state index contributed by atoms with van der Waals surface area (Å²) in [7, 11) is 6.04.